The highest BCUT2D eigenvalue weighted by Crippen LogP contribution is 2.34. The van der Waals surface area contributed by atoms with Crippen molar-refractivity contribution in [1.29, 1.82) is 0 Å². The molecule has 8 heteroatoms. The van der Waals surface area contributed by atoms with E-state index in [0.717, 1.165) is 48.7 Å². The topological polar surface area (TPSA) is 95.7 Å². The fourth-order valence-electron chi connectivity index (χ4n) is 3.89. The Labute approximate surface area is 176 Å². The molecule has 3 N–H and O–H groups in total. The molecule has 1 unspecified atom stereocenters. The first-order valence-electron chi connectivity index (χ1n) is 10.3. The molecule has 3 amide bonds. The monoisotopic (exact) mass is 418 g/mol. The van der Waals surface area contributed by atoms with Gasteiger partial charge in [-0.3, -0.25) is 14.4 Å². The van der Waals surface area contributed by atoms with Crippen molar-refractivity contribution in [3.8, 4) is 0 Å². The summed E-state index contributed by atoms with van der Waals surface area (Å²) in [7, 11) is 0. The van der Waals surface area contributed by atoms with E-state index in [9.17, 15) is 14.4 Å². The summed E-state index contributed by atoms with van der Waals surface area (Å²) in [6.07, 6.45) is 3.11. The summed E-state index contributed by atoms with van der Waals surface area (Å²) in [5, 5.41) is 2.90. The van der Waals surface area contributed by atoms with Crippen LogP contribution in [0.15, 0.2) is 29.2 Å². The number of hydrogen-bond acceptors (Lipinski definition) is 5. The maximum absolute atomic E-state index is 12.6. The van der Waals surface area contributed by atoms with E-state index in [1.807, 2.05) is 24.3 Å². The molecular weight excluding hydrogens is 388 g/mol. The number of nitrogens with zero attached hydrogens (tertiary/aromatic N) is 2. The molecule has 0 radical (unpaired) electrons. The Kier molecular flexibility index (Phi) is 7.94. The molecular formula is C21H30N4O3S. The Morgan fingerprint density at radius 2 is 2.00 bits per heavy atom. The molecule has 1 saturated heterocycles. The number of rotatable bonds is 8. The van der Waals surface area contributed by atoms with Crippen LogP contribution >= 0.6 is 11.8 Å². The number of nitrogens with two attached hydrogens (primary N) is 1. The minimum atomic E-state index is -0.220. The van der Waals surface area contributed by atoms with Crippen LogP contribution in [0.5, 0.6) is 0 Å². The number of amides is 3. The van der Waals surface area contributed by atoms with Gasteiger partial charge >= 0.3 is 0 Å². The molecule has 7 nitrogen and oxygen atoms in total. The van der Waals surface area contributed by atoms with E-state index in [1.54, 1.807) is 16.7 Å². The molecule has 2 aliphatic heterocycles. The third-order valence-electron chi connectivity index (χ3n) is 5.48. The molecule has 29 heavy (non-hydrogen) atoms. The third-order valence-corrected chi connectivity index (χ3v) is 6.52. The van der Waals surface area contributed by atoms with Crippen LogP contribution in [-0.4, -0.2) is 61.1 Å². The average Bonchev–Trinajstić information content (AvgIpc) is 2.75. The van der Waals surface area contributed by atoms with Crippen LogP contribution in [0, 0.1) is 5.92 Å². The lowest BCUT2D eigenvalue weighted by Gasteiger charge is -2.31. The van der Waals surface area contributed by atoms with Gasteiger partial charge in [-0.1, -0.05) is 12.1 Å². The molecule has 1 aromatic carbocycles. The fourth-order valence-corrected chi connectivity index (χ4v) is 4.89. The zero-order valence-corrected chi connectivity index (χ0v) is 17.6. The minimum absolute atomic E-state index is 0.00119. The quantitative estimate of drug-likeness (QED) is 0.626. The number of piperidine rings is 1. The number of thioether (sulfide) groups is 1. The number of carbonyl (C=O) groups excluding carboxylic acids is 3. The maximum atomic E-state index is 12.6. The highest BCUT2D eigenvalue weighted by molar-refractivity contribution is 7.99. The zero-order valence-electron chi connectivity index (χ0n) is 16.8. The van der Waals surface area contributed by atoms with E-state index in [1.165, 1.54) is 0 Å². The molecule has 2 aliphatic rings. The van der Waals surface area contributed by atoms with Crippen LogP contribution in [-0.2, 0) is 14.4 Å². The number of para-hydroxylation sites is 1. The first-order valence-corrected chi connectivity index (χ1v) is 11.3. The first-order chi connectivity index (χ1) is 14.0. The largest absolute Gasteiger partial charge is 0.369 e. The molecule has 158 valence electrons. The van der Waals surface area contributed by atoms with Crippen LogP contribution in [0.25, 0.3) is 0 Å². The summed E-state index contributed by atoms with van der Waals surface area (Å²) in [5.74, 6) is 0.512. The normalized spacial score (nSPS) is 19.4. The second kappa shape index (κ2) is 10.6. The molecule has 0 aliphatic carbocycles. The van der Waals surface area contributed by atoms with E-state index in [0.29, 0.717) is 19.6 Å². The van der Waals surface area contributed by atoms with E-state index in [-0.39, 0.29) is 36.5 Å². The van der Waals surface area contributed by atoms with E-state index in [2.05, 4.69) is 10.2 Å². The van der Waals surface area contributed by atoms with Crippen LogP contribution in [0.2, 0.25) is 0 Å². The predicted octanol–water partition coefficient (Wildman–Crippen LogP) is 1.61. The number of likely N-dealkylation sites (tertiary alicyclic amines) is 1. The second-order valence-corrected chi connectivity index (χ2v) is 8.74. The van der Waals surface area contributed by atoms with Crippen LogP contribution in [0.4, 0.5) is 5.69 Å². The Balaban J connectivity index is 1.33. The summed E-state index contributed by atoms with van der Waals surface area (Å²) < 4.78 is 0. The summed E-state index contributed by atoms with van der Waals surface area (Å²) in [5.41, 5.74) is 6.36. The summed E-state index contributed by atoms with van der Waals surface area (Å²) in [4.78, 5) is 41.2. The SMILES string of the molecule is NC(=O)C1CCCN(CCCNC(=O)CCC(=O)N2CCSc3ccccc32)C1. The van der Waals surface area contributed by atoms with Crippen molar-refractivity contribution in [2.24, 2.45) is 11.7 Å². The van der Waals surface area contributed by atoms with Gasteiger partial charge in [-0.15, -0.1) is 11.8 Å². The van der Waals surface area contributed by atoms with Crippen LogP contribution in [0.1, 0.15) is 32.1 Å². The van der Waals surface area contributed by atoms with Crippen molar-refractivity contribution in [3.63, 3.8) is 0 Å². The first kappa shape index (κ1) is 21.6. The van der Waals surface area contributed by atoms with Crippen molar-refractivity contribution in [2.45, 2.75) is 37.0 Å². The van der Waals surface area contributed by atoms with Gasteiger partial charge in [0.05, 0.1) is 11.6 Å². The summed E-state index contributed by atoms with van der Waals surface area (Å²) in [6, 6.07) is 7.90. The molecule has 0 spiro atoms. The van der Waals surface area contributed by atoms with Gasteiger partial charge in [0.15, 0.2) is 0 Å². The van der Waals surface area contributed by atoms with Gasteiger partial charge in [0.2, 0.25) is 17.7 Å². The molecule has 1 aromatic rings. The number of benzene rings is 1. The Morgan fingerprint density at radius 3 is 2.83 bits per heavy atom. The van der Waals surface area contributed by atoms with Crippen molar-refractivity contribution < 1.29 is 14.4 Å². The van der Waals surface area contributed by atoms with Gasteiger partial charge in [0, 0.05) is 43.1 Å². The standard InChI is InChI=1S/C21H30N4O3S/c22-21(28)16-5-3-11-24(15-16)12-4-10-23-19(26)8-9-20(27)25-13-14-29-18-7-2-1-6-17(18)25/h1-2,6-7,16H,3-5,8-15H2,(H2,22,28)(H,23,26). The lowest BCUT2D eigenvalue weighted by Crippen LogP contribution is -2.42. The van der Waals surface area contributed by atoms with Gasteiger partial charge in [-0.2, -0.15) is 0 Å². The van der Waals surface area contributed by atoms with Gasteiger partial charge < -0.3 is 20.9 Å². The predicted molar refractivity (Wildman–Crippen MR) is 115 cm³/mol. The Bertz CT molecular complexity index is 742. The van der Waals surface area contributed by atoms with E-state index in [4.69, 9.17) is 5.73 Å². The maximum Gasteiger partial charge on any atom is 0.227 e. The number of nitrogens with one attached hydrogen (secondary N) is 1. The average molecular weight is 419 g/mol. The number of anilines is 1. The Morgan fingerprint density at radius 1 is 1.17 bits per heavy atom. The van der Waals surface area contributed by atoms with E-state index < -0.39 is 0 Å². The molecule has 1 fully saturated rings. The van der Waals surface area contributed by atoms with Crippen molar-refractivity contribution in [2.75, 3.05) is 43.4 Å². The highest BCUT2D eigenvalue weighted by Gasteiger charge is 2.24. The second-order valence-electron chi connectivity index (χ2n) is 7.61. The van der Waals surface area contributed by atoms with Crippen molar-refractivity contribution in [1.82, 2.24) is 10.2 Å². The van der Waals surface area contributed by atoms with Crippen LogP contribution in [0.3, 0.4) is 0 Å². The van der Waals surface area contributed by atoms with Gasteiger partial charge in [0.25, 0.3) is 0 Å². The lowest BCUT2D eigenvalue weighted by molar-refractivity contribution is -0.125. The summed E-state index contributed by atoms with van der Waals surface area (Å²) in [6.45, 7) is 3.79. The molecule has 3 rings (SSSR count). The smallest absolute Gasteiger partial charge is 0.227 e. The summed E-state index contributed by atoms with van der Waals surface area (Å²) >= 11 is 1.76. The highest BCUT2D eigenvalue weighted by atomic mass is 32.2. The van der Waals surface area contributed by atoms with Gasteiger partial charge in [-0.25, -0.2) is 0 Å². The van der Waals surface area contributed by atoms with Crippen LogP contribution < -0.4 is 16.0 Å². The van der Waals surface area contributed by atoms with Gasteiger partial charge in [0.1, 0.15) is 0 Å². The van der Waals surface area contributed by atoms with E-state index >= 15 is 0 Å². The fraction of sp³-hybridized carbons (Fsp3) is 0.571. The molecule has 0 saturated carbocycles. The third kappa shape index (κ3) is 6.21. The number of fused-ring (bicyclic) bond motifs is 1. The minimum Gasteiger partial charge on any atom is -0.369 e. The molecule has 2 heterocycles. The zero-order chi connectivity index (χ0) is 20.6. The van der Waals surface area contributed by atoms with Crippen molar-refractivity contribution >= 4 is 35.2 Å². The molecule has 0 aromatic heterocycles. The number of hydrogen-bond donors (Lipinski definition) is 2. The number of carbonyl (C=O) groups is 3. The molecule has 1 atom stereocenters. The van der Waals surface area contributed by atoms with Crippen molar-refractivity contribution in [3.05, 3.63) is 24.3 Å². The molecule has 0 bridgehead atoms. The van der Waals surface area contributed by atoms with Gasteiger partial charge in [-0.05, 0) is 44.5 Å². The Hall–Kier alpha value is -2.06. The number of primary amides is 1. The lowest BCUT2D eigenvalue weighted by atomic mass is 9.97.